The Morgan fingerprint density at radius 3 is 2.82 bits per heavy atom. The number of carbonyl (C=O) groups excluding carboxylic acids is 1. The Morgan fingerprint density at radius 1 is 1.26 bits per heavy atom. The highest BCUT2D eigenvalue weighted by Crippen LogP contribution is 2.40. The van der Waals surface area contributed by atoms with E-state index >= 15 is 0 Å². The molecule has 3 N–H and O–H groups in total. The Morgan fingerprint density at radius 2 is 2.06 bits per heavy atom. The molecule has 1 aromatic carbocycles. The lowest BCUT2D eigenvalue weighted by Gasteiger charge is -2.31. The van der Waals surface area contributed by atoms with Crippen LogP contribution in [0.5, 0.6) is 0 Å². The number of hydrogen-bond acceptors (Lipinski definition) is 8. The molecule has 1 unspecified atom stereocenters. The first-order valence-electron chi connectivity index (χ1n) is 11.3. The lowest BCUT2D eigenvalue weighted by molar-refractivity contribution is -0.172. The molecule has 34 heavy (non-hydrogen) atoms. The molecule has 0 saturated heterocycles. The van der Waals surface area contributed by atoms with Gasteiger partial charge in [-0.15, -0.1) is 0 Å². The van der Waals surface area contributed by atoms with Crippen LogP contribution in [0.1, 0.15) is 48.4 Å². The number of nitrogens with one attached hydrogen (secondary N) is 1. The molecule has 2 aliphatic rings. The van der Waals surface area contributed by atoms with Crippen LogP contribution in [-0.4, -0.2) is 44.8 Å². The van der Waals surface area contributed by atoms with E-state index in [4.69, 9.17) is 25.0 Å². The number of hydrogen-bond donors (Lipinski definition) is 3. The maximum Gasteiger partial charge on any atom is 0.343 e. The fourth-order valence-corrected chi connectivity index (χ4v) is 4.75. The number of ether oxygens (including phenoxy) is 2. The predicted octanol–water partition coefficient (Wildman–Crippen LogP) is 2.19. The van der Waals surface area contributed by atoms with Gasteiger partial charge < -0.3 is 24.3 Å². The highest BCUT2D eigenvalue weighted by Gasteiger charge is 2.45. The maximum atomic E-state index is 13.4. The number of para-hydroxylation sites is 1. The first-order valence-corrected chi connectivity index (χ1v) is 11.3. The number of aliphatic hydroxyl groups excluding tert-OH is 1. The van der Waals surface area contributed by atoms with E-state index in [1.54, 1.807) is 17.6 Å². The fourth-order valence-electron chi connectivity index (χ4n) is 4.75. The Balaban J connectivity index is 1.70. The molecule has 176 valence electrons. The van der Waals surface area contributed by atoms with Crippen molar-refractivity contribution in [3.63, 3.8) is 0 Å². The van der Waals surface area contributed by atoms with Gasteiger partial charge in [0.2, 0.25) is 5.90 Å². The van der Waals surface area contributed by atoms with Crippen molar-refractivity contribution in [2.75, 3.05) is 13.2 Å². The van der Waals surface area contributed by atoms with Crippen LogP contribution in [-0.2, 0) is 33.0 Å². The number of rotatable bonds is 6. The van der Waals surface area contributed by atoms with Gasteiger partial charge >= 0.3 is 5.97 Å². The van der Waals surface area contributed by atoms with E-state index in [0.29, 0.717) is 40.9 Å². The molecule has 0 radical (unpaired) electrons. The molecule has 9 nitrogen and oxygen atoms in total. The molecule has 2 aliphatic heterocycles. The highest BCUT2D eigenvalue weighted by molar-refractivity contribution is 6.08. The second kappa shape index (κ2) is 8.34. The van der Waals surface area contributed by atoms with E-state index in [1.807, 2.05) is 24.3 Å². The molecular weight excluding hydrogens is 438 g/mol. The van der Waals surface area contributed by atoms with Crippen molar-refractivity contribution >= 4 is 22.8 Å². The van der Waals surface area contributed by atoms with Crippen molar-refractivity contribution in [3.8, 4) is 11.4 Å². The number of benzene rings is 1. The van der Waals surface area contributed by atoms with Gasteiger partial charge in [0.15, 0.2) is 5.60 Å². The van der Waals surface area contributed by atoms with Crippen LogP contribution in [0.3, 0.4) is 0 Å². The van der Waals surface area contributed by atoms with E-state index in [-0.39, 0.29) is 55.4 Å². The Labute approximate surface area is 195 Å². The Kier molecular flexibility index (Phi) is 5.45. The van der Waals surface area contributed by atoms with Gasteiger partial charge in [-0.3, -0.25) is 10.2 Å². The summed E-state index contributed by atoms with van der Waals surface area (Å²) < 4.78 is 12.4. The average molecular weight is 463 g/mol. The first kappa shape index (κ1) is 22.2. The number of aromatic nitrogens is 2. The summed E-state index contributed by atoms with van der Waals surface area (Å²) in [6.07, 6.45) is 1.26. The molecule has 0 spiro atoms. The first-order chi connectivity index (χ1) is 16.4. The zero-order chi connectivity index (χ0) is 24.0. The molecule has 4 heterocycles. The zero-order valence-corrected chi connectivity index (χ0v) is 18.8. The van der Waals surface area contributed by atoms with Crippen LogP contribution in [0.15, 0.2) is 35.1 Å². The largest absolute Gasteiger partial charge is 0.478 e. The molecule has 0 aliphatic carbocycles. The molecule has 5 rings (SSSR count). The fraction of sp³-hybridized carbons (Fsp3) is 0.360. The number of esters is 1. The second-order valence-corrected chi connectivity index (χ2v) is 8.54. The van der Waals surface area contributed by atoms with Crippen molar-refractivity contribution in [2.45, 2.75) is 44.9 Å². The van der Waals surface area contributed by atoms with E-state index in [1.165, 1.54) is 0 Å². The third kappa shape index (κ3) is 3.23. The number of aliphatic hydroxyl groups is 2. The maximum absolute atomic E-state index is 13.4. The highest BCUT2D eigenvalue weighted by atomic mass is 16.6. The van der Waals surface area contributed by atoms with Crippen LogP contribution < -0.4 is 5.56 Å². The molecule has 2 aromatic heterocycles. The van der Waals surface area contributed by atoms with Gasteiger partial charge in [0, 0.05) is 23.1 Å². The van der Waals surface area contributed by atoms with Gasteiger partial charge in [-0.1, -0.05) is 25.1 Å². The molecule has 0 bridgehead atoms. The van der Waals surface area contributed by atoms with Gasteiger partial charge in [0.1, 0.15) is 6.61 Å². The minimum absolute atomic E-state index is 0.0259. The van der Waals surface area contributed by atoms with Crippen LogP contribution >= 0.6 is 0 Å². The molecule has 3 aromatic rings. The SMILES string of the molecule is CCC1(O)C(=O)OCc2c1cc1n(c2=O)Cc2c-1nc1ccccc1c2C(=N)OCCCCO. The Hall–Kier alpha value is -3.56. The summed E-state index contributed by atoms with van der Waals surface area (Å²) >= 11 is 0. The van der Waals surface area contributed by atoms with E-state index in [2.05, 4.69) is 0 Å². The zero-order valence-electron chi connectivity index (χ0n) is 18.8. The summed E-state index contributed by atoms with van der Waals surface area (Å²) in [6, 6.07) is 9.05. The second-order valence-electron chi connectivity index (χ2n) is 8.54. The van der Waals surface area contributed by atoms with Crippen LogP contribution in [0.25, 0.3) is 22.3 Å². The Bertz CT molecular complexity index is 1400. The number of fused-ring (bicyclic) bond motifs is 5. The molecule has 0 amide bonds. The van der Waals surface area contributed by atoms with Gasteiger partial charge in [0.25, 0.3) is 5.56 Å². The lowest BCUT2D eigenvalue weighted by atomic mass is 9.86. The number of nitrogens with zero attached hydrogens (tertiary/aromatic N) is 2. The normalized spacial score (nSPS) is 18.3. The predicted molar refractivity (Wildman–Crippen MR) is 124 cm³/mol. The van der Waals surface area contributed by atoms with Gasteiger partial charge in [-0.05, 0) is 31.4 Å². The van der Waals surface area contributed by atoms with Crippen LogP contribution in [0, 0.1) is 5.41 Å². The quantitative estimate of drug-likeness (QED) is 0.173. The van der Waals surface area contributed by atoms with Crippen molar-refractivity contribution in [2.24, 2.45) is 0 Å². The van der Waals surface area contributed by atoms with Gasteiger partial charge in [-0.25, -0.2) is 9.78 Å². The third-order valence-corrected chi connectivity index (χ3v) is 6.62. The van der Waals surface area contributed by atoms with E-state index in [9.17, 15) is 14.7 Å². The summed E-state index contributed by atoms with van der Waals surface area (Å²) in [4.78, 5) is 30.6. The molecule has 0 saturated carbocycles. The molecule has 0 fully saturated rings. The summed E-state index contributed by atoms with van der Waals surface area (Å²) in [7, 11) is 0. The van der Waals surface area contributed by atoms with Gasteiger partial charge in [-0.2, -0.15) is 0 Å². The van der Waals surface area contributed by atoms with E-state index in [0.717, 1.165) is 5.39 Å². The lowest BCUT2D eigenvalue weighted by Crippen LogP contribution is -2.44. The molecular formula is C25H25N3O6. The number of cyclic esters (lactones) is 1. The van der Waals surface area contributed by atoms with Crippen LogP contribution in [0.4, 0.5) is 0 Å². The summed E-state index contributed by atoms with van der Waals surface area (Å²) in [5.74, 6) is -0.794. The van der Waals surface area contributed by atoms with Crippen LogP contribution in [0.2, 0.25) is 0 Å². The van der Waals surface area contributed by atoms with Crippen molar-refractivity contribution < 1.29 is 24.5 Å². The summed E-state index contributed by atoms with van der Waals surface area (Å²) in [6.45, 7) is 2.00. The monoisotopic (exact) mass is 463 g/mol. The summed E-state index contributed by atoms with van der Waals surface area (Å²) in [5, 5.41) is 29.4. The van der Waals surface area contributed by atoms with Crippen molar-refractivity contribution in [1.29, 1.82) is 5.41 Å². The van der Waals surface area contributed by atoms with E-state index < -0.39 is 11.6 Å². The minimum atomic E-state index is -1.90. The number of pyridine rings is 2. The molecule has 1 atom stereocenters. The molecule has 9 heteroatoms. The topological polar surface area (TPSA) is 135 Å². The summed E-state index contributed by atoms with van der Waals surface area (Å²) in [5.41, 5.74) is 1.15. The third-order valence-electron chi connectivity index (χ3n) is 6.62. The minimum Gasteiger partial charge on any atom is -0.478 e. The number of unbranched alkanes of at least 4 members (excludes halogenated alkanes) is 1. The van der Waals surface area contributed by atoms with Gasteiger partial charge in [0.05, 0.1) is 41.2 Å². The smallest absolute Gasteiger partial charge is 0.343 e. The number of carbonyl (C=O) groups is 1. The standard InChI is InChI=1S/C25H25N3O6/c1-2-25(32)17-11-19-21-15(12-28(19)23(30)16(17)13-34-24(25)31)20(22(26)33-10-6-5-9-29)14-7-3-4-8-18(14)27-21/h3-4,7-8,11,26,29,32H,2,5-6,9-10,12-13H2,1H3. The van der Waals surface area contributed by atoms with Crippen molar-refractivity contribution in [3.05, 3.63) is 62.9 Å². The average Bonchev–Trinajstić information content (AvgIpc) is 3.21. The van der Waals surface area contributed by atoms with Crippen molar-refractivity contribution in [1.82, 2.24) is 9.55 Å².